The van der Waals surface area contributed by atoms with E-state index in [1.165, 1.54) is 35.4 Å². The van der Waals surface area contributed by atoms with Gasteiger partial charge in [-0.15, -0.1) is 0 Å². The Hall–Kier alpha value is -3.62. The van der Waals surface area contributed by atoms with E-state index in [1.807, 2.05) is 0 Å². The van der Waals surface area contributed by atoms with Crippen LogP contribution in [0.5, 0.6) is 5.75 Å². The maximum atomic E-state index is 13.9. The monoisotopic (exact) mass is 437 g/mol. The van der Waals surface area contributed by atoms with Gasteiger partial charge in [-0.2, -0.15) is 15.0 Å². The number of carbonyl (C=O) groups excluding carboxylic acids is 1. The molecule has 2 unspecified atom stereocenters. The van der Waals surface area contributed by atoms with E-state index >= 15 is 0 Å². The number of hydrogen-bond acceptors (Lipinski definition) is 6. The highest BCUT2D eigenvalue weighted by Gasteiger charge is 2.40. The number of nitrogens with zero attached hydrogens (tertiary/aromatic N) is 6. The minimum atomic E-state index is -2.62. The van der Waals surface area contributed by atoms with Gasteiger partial charge in [-0.05, 0) is 49.8 Å². The molecule has 164 valence electrons. The molecule has 3 heterocycles. The first-order valence-corrected chi connectivity index (χ1v) is 10.3. The molecule has 0 saturated carbocycles. The number of halogens is 1. The van der Waals surface area contributed by atoms with Gasteiger partial charge in [0, 0.05) is 19.2 Å². The van der Waals surface area contributed by atoms with E-state index in [1.54, 1.807) is 18.7 Å². The van der Waals surface area contributed by atoms with Gasteiger partial charge in [-0.3, -0.25) is 4.79 Å². The van der Waals surface area contributed by atoms with Gasteiger partial charge in [0.1, 0.15) is 11.4 Å². The summed E-state index contributed by atoms with van der Waals surface area (Å²) >= 11 is 0. The number of fused-ring (bicyclic) bond motifs is 1. The number of rotatable bonds is 4. The van der Waals surface area contributed by atoms with Crippen LogP contribution in [0.4, 0.5) is 4.39 Å². The zero-order chi connectivity index (χ0) is 24.9. The molecule has 2 aromatic heterocycles. The van der Waals surface area contributed by atoms with Gasteiger partial charge in [0.15, 0.2) is 11.6 Å². The molecule has 5 rings (SSSR count). The van der Waals surface area contributed by atoms with Crippen LogP contribution in [-0.4, -0.2) is 55.9 Å². The van der Waals surface area contributed by atoms with Crippen molar-refractivity contribution < 1.29 is 18.0 Å². The van der Waals surface area contributed by atoms with Crippen LogP contribution < -0.4 is 4.74 Å². The highest BCUT2D eigenvalue weighted by molar-refractivity contribution is 5.98. The average Bonchev–Trinajstić information content (AvgIpc) is 3.52. The molecular weight excluding hydrogens is 411 g/mol. The average molecular weight is 437 g/mol. The lowest BCUT2D eigenvalue weighted by Crippen LogP contribution is -2.30. The number of carbonyl (C=O) groups is 1. The van der Waals surface area contributed by atoms with Gasteiger partial charge in [0.25, 0.3) is 5.91 Å². The summed E-state index contributed by atoms with van der Waals surface area (Å²) in [6.07, 6.45) is 5.74. The molecule has 1 fully saturated rings. The number of allylic oxidation sites excluding steroid dienone is 1. The van der Waals surface area contributed by atoms with Crippen LogP contribution >= 0.6 is 0 Å². The zero-order valence-corrected chi connectivity index (χ0v) is 17.6. The van der Waals surface area contributed by atoms with Crippen molar-refractivity contribution in [3.63, 3.8) is 0 Å². The predicted molar refractivity (Wildman–Crippen MR) is 115 cm³/mol. The molecule has 1 aromatic carbocycles. The Bertz CT molecular complexity index is 1300. The van der Waals surface area contributed by atoms with Gasteiger partial charge in [-0.25, -0.2) is 14.4 Å². The summed E-state index contributed by atoms with van der Waals surface area (Å²) < 4.78 is 41.0. The summed E-state index contributed by atoms with van der Waals surface area (Å²) in [6, 6.07) is 4.44. The lowest BCUT2D eigenvalue weighted by Gasteiger charge is -2.19. The van der Waals surface area contributed by atoms with Crippen LogP contribution in [0.25, 0.3) is 11.3 Å². The second-order valence-electron chi connectivity index (χ2n) is 8.16. The Balaban J connectivity index is 1.38. The van der Waals surface area contributed by atoms with Gasteiger partial charge < -0.3 is 9.64 Å². The molecule has 32 heavy (non-hydrogen) atoms. The molecule has 2 atom stereocenters. The van der Waals surface area contributed by atoms with Crippen molar-refractivity contribution in [2.24, 2.45) is 11.8 Å². The minimum Gasteiger partial charge on any atom is -0.497 e. The lowest BCUT2D eigenvalue weighted by molar-refractivity contribution is 0.0784. The molecule has 1 aliphatic carbocycles. The second-order valence-corrected chi connectivity index (χ2v) is 8.16. The Morgan fingerprint density at radius 3 is 2.62 bits per heavy atom. The van der Waals surface area contributed by atoms with Crippen molar-refractivity contribution in [2.45, 2.75) is 20.3 Å². The van der Waals surface area contributed by atoms with Gasteiger partial charge in [-0.1, -0.05) is 6.08 Å². The number of likely N-dealkylation sites (tertiary alicyclic amines) is 1. The summed E-state index contributed by atoms with van der Waals surface area (Å²) in [7, 11) is -2.62. The fourth-order valence-electron chi connectivity index (χ4n) is 4.52. The van der Waals surface area contributed by atoms with Crippen LogP contribution in [0.1, 0.15) is 38.1 Å². The van der Waals surface area contributed by atoms with Crippen LogP contribution in [-0.2, 0) is 0 Å². The topological polar surface area (TPSA) is 86.0 Å². The number of ether oxygens (including phenoxy) is 1. The standard InChI is InChI=1S/C23H23FN6O2/c1-13-21(24)14(2)28-22(27-13)15-8-16-11-29(12-17(16)9-15)23(31)19-5-4-18(32-3)10-20(19)30-25-6-7-26-30/h4-8,10,16-17H,9,11-12H2,1-3H3/i3D3. The van der Waals surface area contributed by atoms with Crippen LogP contribution in [0.2, 0.25) is 0 Å². The second kappa shape index (κ2) is 7.81. The largest absolute Gasteiger partial charge is 0.497 e. The van der Waals surface area contributed by atoms with Gasteiger partial charge in [0.05, 0.1) is 40.5 Å². The maximum absolute atomic E-state index is 13.9. The van der Waals surface area contributed by atoms with Gasteiger partial charge in [0.2, 0.25) is 0 Å². The molecule has 1 aliphatic heterocycles. The fourth-order valence-corrected chi connectivity index (χ4v) is 4.52. The molecule has 0 bridgehead atoms. The van der Waals surface area contributed by atoms with E-state index in [-0.39, 0.29) is 29.3 Å². The number of hydrogen-bond donors (Lipinski definition) is 0. The first kappa shape index (κ1) is 17.0. The fraction of sp³-hybridized carbons (Fsp3) is 0.348. The van der Waals surface area contributed by atoms with E-state index < -0.39 is 7.04 Å². The van der Waals surface area contributed by atoms with Crippen LogP contribution in [0, 0.1) is 31.5 Å². The number of benzene rings is 1. The summed E-state index contributed by atoms with van der Waals surface area (Å²) in [6.45, 7) is 4.32. The summed E-state index contributed by atoms with van der Waals surface area (Å²) in [4.78, 5) is 25.2. The summed E-state index contributed by atoms with van der Waals surface area (Å²) in [5.41, 5.74) is 2.31. The van der Waals surface area contributed by atoms with Crippen molar-refractivity contribution in [2.75, 3.05) is 20.1 Å². The van der Waals surface area contributed by atoms with Crippen LogP contribution in [0.15, 0.2) is 36.7 Å². The maximum Gasteiger partial charge on any atom is 0.256 e. The number of aromatic nitrogens is 5. The third-order valence-electron chi connectivity index (χ3n) is 6.10. The molecule has 0 radical (unpaired) electrons. The summed E-state index contributed by atoms with van der Waals surface area (Å²) in [5.74, 6) is 0.407. The molecule has 1 amide bonds. The molecule has 0 N–H and O–H groups in total. The first-order chi connectivity index (χ1) is 16.6. The minimum absolute atomic E-state index is 0.0876. The molecule has 8 nitrogen and oxygen atoms in total. The van der Waals surface area contributed by atoms with Crippen molar-refractivity contribution in [3.05, 3.63) is 65.3 Å². The number of aryl methyl sites for hydroxylation is 2. The Kier molecular flexibility index (Phi) is 4.15. The normalized spacial score (nSPS) is 21.5. The Morgan fingerprint density at radius 1 is 1.19 bits per heavy atom. The molecular formula is C23H23FN6O2. The number of methoxy groups -OCH3 is 1. The van der Waals surface area contributed by atoms with E-state index in [0.717, 1.165) is 5.57 Å². The SMILES string of the molecule is [2H]C([2H])([2H])Oc1ccc(C(=O)N2CC3C=C(c4nc(C)c(F)c(C)n4)CC3C2)c(-n2nccn2)c1. The number of amides is 1. The van der Waals surface area contributed by atoms with Crippen molar-refractivity contribution in [1.29, 1.82) is 0 Å². The smallest absolute Gasteiger partial charge is 0.256 e. The van der Waals surface area contributed by atoms with Crippen molar-refractivity contribution >= 4 is 11.5 Å². The Morgan fingerprint density at radius 2 is 1.94 bits per heavy atom. The molecule has 2 aliphatic rings. The molecule has 3 aromatic rings. The van der Waals surface area contributed by atoms with Crippen molar-refractivity contribution in [1.82, 2.24) is 29.9 Å². The van der Waals surface area contributed by atoms with E-state index in [0.29, 0.717) is 48.0 Å². The zero-order valence-electron chi connectivity index (χ0n) is 20.6. The highest BCUT2D eigenvalue weighted by Crippen LogP contribution is 2.41. The first-order valence-electron chi connectivity index (χ1n) is 11.8. The van der Waals surface area contributed by atoms with Crippen molar-refractivity contribution in [3.8, 4) is 11.4 Å². The van der Waals surface area contributed by atoms with E-state index in [4.69, 9.17) is 8.85 Å². The quantitative estimate of drug-likeness (QED) is 0.624. The highest BCUT2D eigenvalue weighted by atomic mass is 19.1. The molecule has 9 heteroatoms. The lowest BCUT2D eigenvalue weighted by atomic mass is 10.00. The Labute approximate surface area is 189 Å². The van der Waals surface area contributed by atoms with Gasteiger partial charge >= 0.3 is 0 Å². The molecule has 0 spiro atoms. The van der Waals surface area contributed by atoms with E-state index in [2.05, 4.69) is 26.2 Å². The third kappa shape index (κ3) is 3.43. The van der Waals surface area contributed by atoms with E-state index in [9.17, 15) is 9.18 Å². The molecule has 1 saturated heterocycles. The van der Waals surface area contributed by atoms with Crippen LogP contribution in [0.3, 0.4) is 0 Å². The predicted octanol–water partition coefficient (Wildman–Crippen LogP) is 3.00. The third-order valence-corrected chi connectivity index (χ3v) is 6.10. The summed E-state index contributed by atoms with van der Waals surface area (Å²) in [5, 5.41) is 8.21.